The highest BCUT2D eigenvalue weighted by Gasteiger charge is 2.22. The van der Waals surface area contributed by atoms with Crippen LogP contribution in [0.4, 0.5) is 8.78 Å². The zero-order chi connectivity index (χ0) is 15.4. The summed E-state index contributed by atoms with van der Waals surface area (Å²) < 4.78 is 28.9. The number of pyridine rings is 1. The Balaban J connectivity index is 2.51. The first-order valence-electron chi connectivity index (χ1n) is 6.52. The second-order valence-corrected chi connectivity index (χ2v) is 5.78. The van der Waals surface area contributed by atoms with E-state index in [0.29, 0.717) is 22.1 Å². The Kier molecular flexibility index (Phi) is 5.67. The molecular formula is C15H14BrClF2N2. The van der Waals surface area contributed by atoms with Crippen LogP contribution < -0.4 is 5.32 Å². The minimum Gasteiger partial charge on any atom is -0.306 e. The summed E-state index contributed by atoms with van der Waals surface area (Å²) in [6.07, 6.45) is 3.45. The highest BCUT2D eigenvalue weighted by molar-refractivity contribution is 9.10. The van der Waals surface area contributed by atoms with Gasteiger partial charge in [0, 0.05) is 21.8 Å². The first kappa shape index (κ1) is 16.3. The van der Waals surface area contributed by atoms with Crippen molar-refractivity contribution in [3.8, 4) is 0 Å². The molecule has 1 atom stereocenters. The van der Waals surface area contributed by atoms with Crippen molar-refractivity contribution in [1.82, 2.24) is 10.3 Å². The molecule has 0 fully saturated rings. The molecule has 21 heavy (non-hydrogen) atoms. The summed E-state index contributed by atoms with van der Waals surface area (Å²) in [6.45, 7) is 2.61. The molecule has 0 aliphatic heterocycles. The lowest BCUT2D eigenvalue weighted by molar-refractivity contribution is 0.518. The van der Waals surface area contributed by atoms with Crippen molar-refractivity contribution >= 4 is 27.5 Å². The molecule has 0 aliphatic carbocycles. The molecule has 0 spiro atoms. The lowest BCUT2D eigenvalue weighted by Gasteiger charge is -2.21. The maximum Gasteiger partial charge on any atom is 0.148 e. The van der Waals surface area contributed by atoms with Crippen molar-refractivity contribution in [3.63, 3.8) is 0 Å². The van der Waals surface area contributed by atoms with Crippen molar-refractivity contribution in [2.45, 2.75) is 19.4 Å². The number of benzene rings is 1. The minimum atomic E-state index is -0.612. The molecule has 1 N–H and O–H groups in total. The fourth-order valence-corrected chi connectivity index (χ4v) is 2.54. The molecule has 1 unspecified atom stereocenters. The second-order valence-electron chi connectivity index (χ2n) is 4.55. The number of hydrogen-bond acceptors (Lipinski definition) is 2. The average molecular weight is 376 g/mol. The van der Waals surface area contributed by atoms with E-state index in [0.717, 1.165) is 12.6 Å². The van der Waals surface area contributed by atoms with Crippen LogP contribution in [0.25, 0.3) is 0 Å². The van der Waals surface area contributed by atoms with E-state index in [1.54, 1.807) is 12.1 Å². The summed E-state index contributed by atoms with van der Waals surface area (Å²) in [5.74, 6) is -1.04. The Morgan fingerprint density at radius 1 is 1.29 bits per heavy atom. The fraction of sp³-hybridized carbons (Fsp3) is 0.267. The highest BCUT2D eigenvalue weighted by atomic mass is 79.9. The molecule has 6 heteroatoms. The molecule has 1 aromatic carbocycles. The van der Waals surface area contributed by atoms with E-state index >= 15 is 0 Å². The zero-order valence-corrected chi connectivity index (χ0v) is 13.7. The standard InChI is InChI=1S/C15H14BrClF2N2/c1-2-6-21-15(9-5-7-20-8-12(9)18)10-3-4-11(16)13(17)14(10)19/h3-5,7-8,15,21H,2,6H2,1H3. The molecule has 2 nitrogen and oxygen atoms in total. The van der Waals surface area contributed by atoms with Gasteiger partial charge in [0.15, 0.2) is 0 Å². The number of hydrogen-bond donors (Lipinski definition) is 1. The number of nitrogens with zero attached hydrogens (tertiary/aromatic N) is 1. The third-order valence-corrected chi connectivity index (χ3v) is 4.35. The molecule has 112 valence electrons. The van der Waals surface area contributed by atoms with Gasteiger partial charge in [-0.1, -0.05) is 24.6 Å². The Hall–Kier alpha value is -1.04. The van der Waals surface area contributed by atoms with E-state index in [1.165, 1.54) is 12.3 Å². The number of halogens is 4. The van der Waals surface area contributed by atoms with Crippen molar-refractivity contribution in [3.05, 3.63) is 62.8 Å². The lowest BCUT2D eigenvalue weighted by Crippen LogP contribution is -2.25. The Labute approximate surface area is 135 Å². The highest BCUT2D eigenvalue weighted by Crippen LogP contribution is 2.33. The topological polar surface area (TPSA) is 24.9 Å². The van der Waals surface area contributed by atoms with Crippen LogP contribution in [0.15, 0.2) is 35.1 Å². The quantitative estimate of drug-likeness (QED) is 0.755. The molecule has 0 amide bonds. The summed E-state index contributed by atoms with van der Waals surface area (Å²) in [7, 11) is 0. The lowest BCUT2D eigenvalue weighted by atomic mass is 9.98. The van der Waals surface area contributed by atoms with Crippen LogP contribution in [0.2, 0.25) is 5.02 Å². The van der Waals surface area contributed by atoms with Gasteiger partial charge in [0.2, 0.25) is 0 Å². The maximum absolute atomic E-state index is 14.4. The van der Waals surface area contributed by atoms with E-state index in [2.05, 4.69) is 26.2 Å². The third-order valence-electron chi connectivity index (χ3n) is 3.09. The third kappa shape index (κ3) is 3.59. The molecule has 1 aromatic heterocycles. The van der Waals surface area contributed by atoms with E-state index in [4.69, 9.17) is 11.6 Å². The number of aromatic nitrogens is 1. The van der Waals surface area contributed by atoms with Crippen LogP contribution >= 0.6 is 27.5 Å². The minimum absolute atomic E-state index is 0.00902. The van der Waals surface area contributed by atoms with Crippen molar-refractivity contribution in [2.75, 3.05) is 6.54 Å². The Morgan fingerprint density at radius 2 is 2.05 bits per heavy atom. The van der Waals surface area contributed by atoms with E-state index < -0.39 is 17.7 Å². The summed E-state index contributed by atoms with van der Waals surface area (Å²) in [6, 6.07) is 4.18. The second kappa shape index (κ2) is 7.29. The van der Waals surface area contributed by atoms with E-state index in [-0.39, 0.29) is 5.02 Å². The molecule has 2 rings (SSSR count). The maximum atomic E-state index is 14.4. The Morgan fingerprint density at radius 3 is 2.71 bits per heavy atom. The molecule has 1 heterocycles. The van der Waals surface area contributed by atoms with Gasteiger partial charge in [-0.2, -0.15) is 0 Å². The normalized spacial score (nSPS) is 12.4. The summed E-state index contributed by atoms with van der Waals surface area (Å²) in [5.41, 5.74) is 0.650. The molecule has 0 saturated heterocycles. The average Bonchev–Trinajstić information content (AvgIpc) is 2.48. The molecule has 2 aromatic rings. The fourth-order valence-electron chi connectivity index (χ4n) is 2.06. The number of rotatable bonds is 5. The van der Waals surface area contributed by atoms with Gasteiger partial charge in [-0.3, -0.25) is 4.98 Å². The van der Waals surface area contributed by atoms with E-state index in [1.807, 2.05) is 6.92 Å². The molecular weight excluding hydrogens is 362 g/mol. The van der Waals surface area contributed by atoms with Gasteiger partial charge in [-0.15, -0.1) is 0 Å². The SMILES string of the molecule is CCCNC(c1ccncc1F)c1ccc(Br)c(Cl)c1F. The first-order valence-corrected chi connectivity index (χ1v) is 7.69. The van der Waals surface area contributed by atoms with Crippen LogP contribution in [0, 0.1) is 11.6 Å². The van der Waals surface area contributed by atoms with Crippen LogP contribution in [-0.2, 0) is 0 Å². The molecule has 0 aliphatic rings. The first-order chi connectivity index (χ1) is 10.1. The van der Waals surface area contributed by atoms with Crippen molar-refractivity contribution in [2.24, 2.45) is 0 Å². The van der Waals surface area contributed by atoms with Gasteiger partial charge in [0.1, 0.15) is 11.6 Å². The van der Waals surface area contributed by atoms with Gasteiger partial charge < -0.3 is 5.32 Å². The number of nitrogens with one attached hydrogen (secondary N) is 1. The van der Waals surface area contributed by atoms with Crippen LogP contribution in [0.1, 0.15) is 30.5 Å². The predicted molar refractivity (Wildman–Crippen MR) is 83.4 cm³/mol. The summed E-state index contributed by atoms with van der Waals surface area (Å²) in [5, 5.41) is 3.14. The van der Waals surface area contributed by atoms with Crippen molar-refractivity contribution < 1.29 is 8.78 Å². The predicted octanol–water partition coefficient (Wildman–Crippen LogP) is 4.86. The summed E-state index contributed by atoms with van der Waals surface area (Å²) in [4.78, 5) is 3.73. The van der Waals surface area contributed by atoms with Gasteiger partial charge in [-0.25, -0.2) is 8.78 Å². The molecule has 0 radical (unpaired) electrons. The van der Waals surface area contributed by atoms with Crippen LogP contribution in [0.3, 0.4) is 0 Å². The largest absolute Gasteiger partial charge is 0.306 e. The van der Waals surface area contributed by atoms with Crippen LogP contribution in [-0.4, -0.2) is 11.5 Å². The summed E-state index contributed by atoms with van der Waals surface area (Å²) >= 11 is 9.11. The van der Waals surface area contributed by atoms with Crippen LogP contribution in [0.5, 0.6) is 0 Å². The monoisotopic (exact) mass is 374 g/mol. The van der Waals surface area contributed by atoms with Gasteiger partial charge in [0.05, 0.1) is 17.3 Å². The smallest absolute Gasteiger partial charge is 0.148 e. The van der Waals surface area contributed by atoms with E-state index in [9.17, 15) is 8.78 Å². The van der Waals surface area contributed by atoms with Gasteiger partial charge in [-0.05, 0) is 41.0 Å². The van der Waals surface area contributed by atoms with Gasteiger partial charge >= 0.3 is 0 Å². The molecule has 0 saturated carbocycles. The zero-order valence-electron chi connectivity index (χ0n) is 11.3. The van der Waals surface area contributed by atoms with Crippen molar-refractivity contribution in [1.29, 1.82) is 0 Å². The van der Waals surface area contributed by atoms with Gasteiger partial charge in [0.25, 0.3) is 0 Å². The molecule has 0 bridgehead atoms. The Bertz CT molecular complexity index is 637.